The average Bonchev–Trinajstić information content (AvgIpc) is 2.18. The summed E-state index contributed by atoms with van der Waals surface area (Å²) >= 11 is 0. The lowest BCUT2D eigenvalue weighted by molar-refractivity contribution is -0.192. The van der Waals surface area contributed by atoms with Crippen molar-refractivity contribution in [3.8, 4) is 0 Å². The minimum atomic E-state index is -5.08. The monoisotopic (exact) mass is 237 g/mol. The van der Waals surface area contributed by atoms with Crippen LogP contribution < -0.4 is 5.73 Å². The molecule has 0 atom stereocenters. The second-order valence-electron chi connectivity index (χ2n) is 2.28. The van der Waals surface area contributed by atoms with Crippen molar-refractivity contribution in [2.75, 3.05) is 0 Å². The molecular weight excluding hydrogens is 231 g/mol. The molecule has 6 nitrogen and oxygen atoms in total. The molecular formula is C7H6F3N3O3. The predicted octanol–water partition coefficient (Wildman–Crippen LogP) is 0.209. The Bertz CT molecular complexity index is 366. The summed E-state index contributed by atoms with van der Waals surface area (Å²) in [5.74, 6) is -3.31. The topological polar surface area (TPSA) is 106 Å². The fraction of sp³-hybridized carbons (Fsp3) is 0.143. The van der Waals surface area contributed by atoms with E-state index in [-0.39, 0.29) is 5.69 Å². The summed E-state index contributed by atoms with van der Waals surface area (Å²) in [4.78, 5) is 19.2. The van der Waals surface area contributed by atoms with E-state index in [4.69, 9.17) is 15.6 Å². The first kappa shape index (κ1) is 13.8. The quantitative estimate of drug-likeness (QED) is 0.726. The smallest absolute Gasteiger partial charge is 0.475 e. The fourth-order valence-electron chi connectivity index (χ4n) is 0.433. The third kappa shape index (κ3) is 5.52. The maximum Gasteiger partial charge on any atom is 0.490 e. The van der Waals surface area contributed by atoms with Gasteiger partial charge in [0.25, 0.3) is 5.91 Å². The third-order valence-corrected chi connectivity index (χ3v) is 1.07. The normalized spacial score (nSPS) is 9.94. The average molecular weight is 237 g/mol. The minimum absolute atomic E-state index is 0.192. The first-order valence-electron chi connectivity index (χ1n) is 3.62. The number of aromatic nitrogens is 2. The van der Waals surface area contributed by atoms with E-state index in [9.17, 15) is 18.0 Å². The highest BCUT2D eigenvalue weighted by atomic mass is 19.4. The van der Waals surface area contributed by atoms with Gasteiger partial charge in [-0.3, -0.25) is 4.79 Å². The molecule has 0 spiro atoms. The molecule has 1 amide bonds. The molecule has 0 aromatic carbocycles. The molecule has 0 saturated carbocycles. The summed E-state index contributed by atoms with van der Waals surface area (Å²) in [6, 6.07) is 3.11. The van der Waals surface area contributed by atoms with Gasteiger partial charge in [-0.25, -0.2) is 4.79 Å². The molecule has 88 valence electrons. The SMILES string of the molecule is NC(=O)c1cccnn1.O=C(O)C(F)(F)F. The number of carboxylic acid groups (broad SMARTS) is 1. The van der Waals surface area contributed by atoms with Crippen LogP contribution in [0.25, 0.3) is 0 Å². The standard InChI is InChI=1S/C5H5N3O.C2HF3O2/c6-5(9)4-2-1-3-7-8-4;3-2(4,5)1(6)7/h1-3H,(H2,6,9);(H,6,7). The van der Waals surface area contributed by atoms with Gasteiger partial charge in [0.2, 0.25) is 0 Å². The first-order valence-corrected chi connectivity index (χ1v) is 3.62. The molecule has 0 aliphatic rings. The van der Waals surface area contributed by atoms with Crippen LogP contribution >= 0.6 is 0 Å². The van der Waals surface area contributed by atoms with Gasteiger partial charge in [0.1, 0.15) is 0 Å². The maximum atomic E-state index is 10.6. The number of rotatable bonds is 1. The van der Waals surface area contributed by atoms with E-state index < -0.39 is 18.1 Å². The number of halogens is 3. The number of hydrogen-bond acceptors (Lipinski definition) is 4. The molecule has 0 aliphatic heterocycles. The van der Waals surface area contributed by atoms with E-state index in [2.05, 4.69) is 10.2 Å². The number of alkyl halides is 3. The van der Waals surface area contributed by atoms with Crippen molar-refractivity contribution >= 4 is 11.9 Å². The Morgan fingerprint density at radius 1 is 1.38 bits per heavy atom. The number of amides is 1. The Balaban J connectivity index is 0.000000293. The highest BCUT2D eigenvalue weighted by molar-refractivity contribution is 5.90. The number of carboxylic acids is 1. The van der Waals surface area contributed by atoms with Crippen LogP contribution in [-0.2, 0) is 4.79 Å². The van der Waals surface area contributed by atoms with Crippen LogP contribution in [0.2, 0.25) is 0 Å². The lowest BCUT2D eigenvalue weighted by atomic mass is 10.4. The van der Waals surface area contributed by atoms with Crippen LogP contribution in [0, 0.1) is 0 Å². The zero-order chi connectivity index (χ0) is 12.8. The van der Waals surface area contributed by atoms with Gasteiger partial charge >= 0.3 is 12.1 Å². The molecule has 0 aliphatic carbocycles. The second-order valence-corrected chi connectivity index (χ2v) is 2.28. The molecule has 0 saturated heterocycles. The molecule has 1 aromatic rings. The Hall–Kier alpha value is -2.19. The number of hydrogen-bond donors (Lipinski definition) is 2. The fourth-order valence-corrected chi connectivity index (χ4v) is 0.433. The van der Waals surface area contributed by atoms with Crippen molar-refractivity contribution in [1.82, 2.24) is 10.2 Å². The van der Waals surface area contributed by atoms with Crippen LogP contribution in [0.5, 0.6) is 0 Å². The molecule has 0 unspecified atom stereocenters. The van der Waals surface area contributed by atoms with E-state index >= 15 is 0 Å². The van der Waals surface area contributed by atoms with E-state index in [0.29, 0.717) is 0 Å². The van der Waals surface area contributed by atoms with Gasteiger partial charge in [-0.05, 0) is 12.1 Å². The highest BCUT2D eigenvalue weighted by Crippen LogP contribution is 2.13. The van der Waals surface area contributed by atoms with Crippen molar-refractivity contribution < 1.29 is 27.9 Å². The van der Waals surface area contributed by atoms with Crippen LogP contribution in [-0.4, -0.2) is 33.4 Å². The Morgan fingerprint density at radius 2 is 1.88 bits per heavy atom. The summed E-state index contributed by atoms with van der Waals surface area (Å²) < 4.78 is 31.7. The van der Waals surface area contributed by atoms with Gasteiger partial charge in [0.05, 0.1) is 0 Å². The van der Waals surface area contributed by atoms with Crippen molar-refractivity contribution in [2.24, 2.45) is 5.73 Å². The Morgan fingerprint density at radius 3 is 2.06 bits per heavy atom. The molecule has 1 rings (SSSR count). The number of nitrogens with two attached hydrogens (primary N) is 1. The molecule has 3 N–H and O–H groups in total. The van der Waals surface area contributed by atoms with Crippen LogP contribution in [0.1, 0.15) is 10.5 Å². The van der Waals surface area contributed by atoms with Gasteiger partial charge in [-0.2, -0.15) is 18.3 Å². The maximum absolute atomic E-state index is 10.6. The van der Waals surface area contributed by atoms with Crippen molar-refractivity contribution in [2.45, 2.75) is 6.18 Å². The zero-order valence-corrected chi connectivity index (χ0v) is 7.60. The number of primary amides is 1. The summed E-state index contributed by atoms with van der Waals surface area (Å²) in [6.45, 7) is 0. The van der Waals surface area contributed by atoms with Crippen molar-refractivity contribution in [3.05, 3.63) is 24.0 Å². The number of carbonyl (C=O) groups excluding carboxylic acids is 1. The zero-order valence-electron chi connectivity index (χ0n) is 7.60. The molecule has 0 radical (unpaired) electrons. The van der Waals surface area contributed by atoms with E-state index in [1.807, 2.05) is 0 Å². The summed E-state index contributed by atoms with van der Waals surface area (Å²) in [6.07, 6.45) is -3.60. The Kier molecular flexibility index (Phi) is 4.86. The molecule has 16 heavy (non-hydrogen) atoms. The number of aliphatic carboxylic acids is 1. The highest BCUT2D eigenvalue weighted by Gasteiger charge is 2.38. The third-order valence-electron chi connectivity index (χ3n) is 1.07. The number of carbonyl (C=O) groups is 2. The van der Waals surface area contributed by atoms with Crippen molar-refractivity contribution in [1.29, 1.82) is 0 Å². The van der Waals surface area contributed by atoms with E-state index in [1.54, 1.807) is 6.07 Å². The van der Waals surface area contributed by atoms with Gasteiger partial charge in [0.15, 0.2) is 5.69 Å². The Labute approximate surface area is 86.9 Å². The summed E-state index contributed by atoms with van der Waals surface area (Å²) in [7, 11) is 0. The van der Waals surface area contributed by atoms with Crippen LogP contribution in [0.3, 0.4) is 0 Å². The molecule has 0 fully saturated rings. The second kappa shape index (κ2) is 5.63. The van der Waals surface area contributed by atoms with Gasteiger partial charge in [0, 0.05) is 6.20 Å². The van der Waals surface area contributed by atoms with Crippen LogP contribution in [0.15, 0.2) is 18.3 Å². The lowest BCUT2D eigenvalue weighted by Crippen LogP contribution is -2.21. The van der Waals surface area contributed by atoms with E-state index in [0.717, 1.165) is 0 Å². The first-order chi connectivity index (χ1) is 7.25. The summed E-state index contributed by atoms with van der Waals surface area (Å²) in [5.41, 5.74) is 5.06. The minimum Gasteiger partial charge on any atom is -0.475 e. The molecule has 1 aromatic heterocycles. The van der Waals surface area contributed by atoms with Gasteiger partial charge < -0.3 is 10.8 Å². The number of nitrogens with zero attached hydrogens (tertiary/aromatic N) is 2. The van der Waals surface area contributed by atoms with Crippen molar-refractivity contribution in [3.63, 3.8) is 0 Å². The van der Waals surface area contributed by atoms with Gasteiger partial charge in [-0.1, -0.05) is 0 Å². The lowest BCUT2D eigenvalue weighted by Gasteiger charge is -1.93. The molecule has 9 heteroatoms. The van der Waals surface area contributed by atoms with Gasteiger partial charge in [-0.15, -0.1) is 5.10 Å². The molecule has 0 bridgehead atoms. The summed E-state index contributed by atoms with van der Waals surface area (Å²) in [5, 5.41) is 14.0. The van der Waals surface area contributed by atoms with E-state index in [1.165, 1.54) is 12.3 Å². The van der Waals surface area contributed by atoms with Crippen LogP contribution in [0.4, 0.5) is 13.2 Å². The molecule has 1 heterocycles. The predicted molar refractivity (Wildman–Crippen MR) is 44.2 cm³/mol. The largest absolute Gasteiger partial charge is 0.490 e.